The Morgan fingerprint density at radius 3 is 2.52 bits per heavy atom. The zero-order chi connectivity index (χ0) is 31.2. The number of carboxylic acids is 1. The first-order chi connectivity index (χ1) is 21.3. The summed E-state index contributed by atoms with van der Waals surface area (Å²) in [6.07, 6.45) is 3.73. The van der Waals surface area contributed by atoms with Crippen LogP contribution in [0.15, 0.2) is 54.6 Å². The molecule has 0 saturated carbocycles. The number of aliphatic carboxylic acids is 1. The van der Waals surface area contributed by atoms with Crippen LogP contribution < -0.4 is 4.74 Å². The summed E-state index contributed by atoms with van der Waals surface area (Å²) in [5, 5.41) is 15.1. The van der Waals surface area contributed by atoms with E-state index in [9.17, 15) is 14.3 Å². The van der Waals surface area contributed by atoms with Crippen LogP contribution in [0, 0.1) is 17.7 Å². The third-order valence-electron chi connectivity index (χ3n) is 9.83. The molecule has 2 aliphatic heterocycles. The second-order valence-corrected chi connectivity index (χ2v) is 12.8. The van der Waals surface area contributed by atoms with Crippen molar-refractivity contribution < 1.29 is 19.0 Å². The van der Waals surface area contributed by atoms with E-state index >= 15 is 0 Å². The standard InChI is InChI=1S/C36H49FN4O3/c1-5-25(4)35(36(42)43)40-23-29(33(24-40)28-11-9-12-30(37)20-28)22-39-16-14-27(15-17-39)34-21-31(38-41(34)6-2)18-26-10-8-13-32(19-26)44-7-3/h8-13,19-21,25,27,29,33,35H,5-7,14-18,22-24H2,1-4H3,(H,42,43)/t25-,29+,33-,35-/m1/s1. The number of hydrogen-bond acceptors (Lipinski definition) is 5. The summed E-state index contributed by atoms with van der Waals surface area (Å²) in [6, 6.07) is 17.0. The Hall–Kier alpha value is -3.23. The third-order valence-corrected chi connectivity index (χ3v) is 9.83. The first-order valence-electron chi connectivity index (χ1n) is 16.5. The lowest BCUT2D eigenvalue weighted by molar-refractivity contribution is -0.145. The van der Waals surface area contributed by atoms with Crippen LogP contribution in [0.2, 0.25) is 0 Å². The number of carbonyl (C=O) groups is 1. The molecule has 0 bridgehead atoms. The number of ether oxygens (including phenoxy) is 1. The van der Waals surface area contributed by atoms with Crippen LogP contribution >= 0.6 is 0 Å². The number of nitrogens with zero attached hydrogens (tertiary/aromatic N) is 4. The number of aryl methyl sites for hydroxylation is 1. The maximum absolute atomic E-state index is 14.3. The van der Waals surface area contributed by atoms with Gasteiger partial charge in [0.25, 0.3) is 0 Å². The molecule has 5 rings (SSSR count). The normalized spacial score (nSPS) is 21.4. The van der Waals surface area contributed by atoms with Gasteiger partial charge in [-0.2, -0.15) is 5.10 Å². The van der Waals surface area contributed by atoms with E-state index in [0.717, 1.165) is 75.4 Å². The molecular weight excluding hydrogens is 555 g/mol. The first kappa shape index (κ1) is 32.2. The summed E-state index contributed by atoms with van der Waals surface area (Å²) < 4.78 is 22.2. The second-order valence-electron chi connectivity index (χ2n) is 12.8. The number of likely N-dealkylation sites (tertiary alicyclic amines) is 2. The molecule has 0 aliphatic carbocycles. The van der Waals surface area contributed by atoms with Gasteiger partial charge in [0.05, 0.1) is 12.3 Å². The Labute approximate surface area is 262 Å². The lowest BCUT2D eigenvalue weighted by Gasteiger charge is -2.35. The molecule has 8 heteroatoms. The van der Waals surface area contributed by atoms with Gasteiger partial charge in [-0.25, -0.2) is 4.39 Å². The SMILES string of the molecule is CCOc1cccc(Cc2cc(C3CCN(C[C@H]4CN([C@@H](C(=O)O)[C@H](C)CC)C[C@@H]4c4cccc(F)c4)CC3)n(CC)n2)c1. The van der Waals surface area contributed by atoms with Gasteiger partial charge >= 0.3 is 5.97 Å². The highest BCUT2D eigenvalue weighted by Gasteiger charge is 2.42. The minimum absolute atomic E-state index is 0.0528. The quantitative estimate of drug-likeness (QED) is 0.243. The van der Waals surface area contributed by atoms with Crippen molar-refractivity contribution in [2.24, 2.45) is 11.8 Å². The van der Waals surface area contributed by atoms with E-state index in [-0.39, 0.29) is 23.6 Å². The van der Waals surface area contributed by atoms with Gasteiger partial charge in [-0.3, -0.25) is 14.4 Å². The van der Waals surface area contributed by atoms with Gasteiger partial charge in [0, 0.05) is 50.1 Å². The van der Waals surface area contributed by atoms with E-state index in [1.165, 1.54) is 17.3 Å². The number of aromatic nitrogens is 2. The van der Waals surface area contributed by atoms with Crippen molar-refractivity contribution in [3.05, 3.63) is 82.9 Å². The van der Waals surface area contributed by atoms with Crippen molar-refractivity contribution in [1.82, 2.24) is 19.6 Å². The average Bonchev–Trinajstić information content (AvgIpc) is 3.61. The molecule has 2 saturated heterocycles. The number of carboxylic acid groups (broad SMARTS) is 1. The monoisotopic (exact) mass is 604 g/mol. The number of hydrogen-bond donors (Lipinski definition) is 1. The van der Waals surface area contributed by atoms with Crippen LogP contribution in [-0.4, -0.2) is 76.0 Å². The van der Waals surface area contributed by atoms with Crippen molar-refractivity contribution in [2.45, 2.75) is 77.8 Å². The Morgan fingerprint density at radius 1 is 1.07 bits per heavy atom. The zero-order valence-corrected chi connectivity index (χ0v) is 26.8. The molecule has 3 aromatic rings. The zero-order valence-electron chi connectivity index (χ0n) is 26.8. The van der Waals surface area contributed by atoms with Crippen molar-refractivity contribution in [3.8, 4) is 5.75 Å². The van der Waals surface area contributed by atoms with Gasteiger partial charge in [0.1, 0.15) is 17.6 Å². The van der Waals surface area contributed by atoms with Gasteiger partial charge < -0.3 is 14.7 Å². The smallest absolute Gasteiger partial charge is 0.321 e. The molecule has 2 aliphatic rings. The summed E-state index contributed by atoms with van der Waals surface area (Å²) in [5.41, 5.74) is 4.60. The fraction of sp³-hybridized carbons (Fsp3) is 0.556. The van der Waals surface area contributed by atoms with Gasteiger partial charge in [-0.05, 0) is 93.1 Å². The molecule has 0 amide bonds. The van der Waals surface area contributed by atoms with Crippen LogP contribution in [0.4, 0.5) is 4.39 Å². The molecule has 1 aromatic heterocycles. The van der Waals surface area contributed by atoms with Crippen LogP contribution in [0.5, 0.6) is 5.75 Å². The van der Waals surface area contributed by atoms with E-state index in [1.807, 2.05) is 32.0 Å². The van der Waals surface area contributed by atoms with Gasteiger partial charge in [0.2, 0.25) is 0 Å². The van der Waals surface area contributed by atoms with E-state index in [1.54, 1.807) is 12.1 Å². The Kier molecular flexibility index (Phi) is 10.7. The molecule has 7 nitrogen and oxygen atoms in total. The maximum Gasteiger partial charge on any atom is 0.321 e. The number of halogens is 1. The largest absolute Gasteiger partial charge is 0.494 e. The van der Waals surface area contributed by atoms with Crippen molar-refractivity contribution in [1.29, 1.82) is 0 Å². The molecule has 1 N–H and O–H groups in total. The summed E-state index contributed by atoms with van der Waals surface area (Å²) in [6.45, 7) is 14.0. The summed E-state index contributed by atoms with van der Waals surface area (Å²) in [7, 11) is 0. The number of benzene rings is 2. The topological polar surface area (TPSA) is 70.8 Å². The first-order valence-corrected chi connectivity index (χ1v) is 16.5. The van der Waals surface area contributed by atoms with Crippen LogP contribution in [0.3, 0.4) is 0 Å². The molecule has 238 valence electrons. The highest BCUT2D eigenvalue weighted by Crippen LogP contribution is 2.38. The molecule has 3 heterocycles. The average molecular weight is 605 g/mol. The Morgan fingerprint density at radius 2 is 1.84 bits per heavy atom. The lowest BCUT2D eigenvalue weighted by Crippen LogP contribution is -2.45. The lowest BCUT2D eigenvalue weighted by atomic mass is 9.87. The molecule has 0 unspecified atom stereocenters. The minimum atomic E-state index is -0.757. The highest BCUT2D eigenvalue weighted by molar-refractivity contribution is 5.74. The molecule has 4 atom stereocenters. The third kappa shape index (κ3) is 7.52. The number of piperidine rings is 1. The van der Waals surface area contributed by atoms with E-state index < -0.39 is 12.0 Å². The van der Waals surface area contributed by atoms with Gasteiger partial charge in [-0.15, -0.1) is 0 Å². The van der Waals surface area contributed by atoms with Gasteiger partial charge in [0.15, 0.2) is 0 Å². The molecular formula is C36H49FN4O3. The van der Waals surface area contributed by atoms with Crippen LogP contribution in [-0.2, 0) is 17.8 Å². The predicted octanol–water partition coefficient (Wildman–Crippen LogP) is 6.43. The highest BCUT2D eigenvalue weighted by atomic mass is 19.1. The van der Waals surface area contributed by atoms with E-state index in [0.29, 0.717) is 19.1 Å². The summed E-state index contributed by atoms with van der Waals surface area (Å²) in [4.78, 5) is 17.0. The van der Waals surface area contributed by atoms with Crippen molar-refractivity contribution >= 4 is 5.97 Å². The second kappa shape index (κ2) is 14.7. The minimum Gasteiger partial charge on any atom is -0.494 e. The molecule has 0 radical (unpaired) electrons. The molecule has 44 heavy (non-hydrogen) atoms. The predicted molar refractivity (Wildman–Crippen MR) is 172 cm³/mol. The maximum atomic E-state index is 14.3. The molecule has 2 fully saturated rings. The summed E-state index contributed by atoms with van der Waals surface area (Å²) >= 11 is 0. The van der Waals surface area contributed by atoms with E-state index in [4.69, 9.17) is 9.84 Å². The Balaban J connectivity index is 1.25. The van der Waals surface area contributed by atoms with Gasteiger partial charge in [-0.1, -0.05) is 44.5 Å². The molecule has 0 spiro atoms. The van der Waals surface area contributed by atoms with Crippen molar-refractivity contribution in [2.75, 3.05) is 39.3 Å². The van der Waals surface area contributed by atoms with E-state index in [2.05, 4.69) is 46.5 Å². The molecule has 2 aromatic carbocycles. The van der Waals surface area contributed by atoms with Crippen LogP contribution in [0.25, 0.3) is 0 Å². The van der Waals surface area contributed by atoms with Crippen molar-refractivity contribution in [3.63, 3.8) is 0 Å². The Bertz CT molecular complexity index is 1390. The fourth-order valence-corrected chi connectivity index (χ4v) is 7.43. The van der Waals surface area contributed by atoms with Crippen LogP contribution in [0.1, 0.15) is 81.3 Å². The number of rotatable bonds is 13. The fourth-order valence-electron chi connectivity index (χ4n) is 7.43. The summed E-state index contributed by atoms with van der Waals surface area (Å²) in [5.74, 6) is 0.786.